The molecular weight excluding hydrogens is 174 g/mol. The first-order valence-electron chi connectivity index (χ1n) is 5.64. The molecule has 0 radical (unpaired) electrons. The van der Waals surface area contributed by atoms with E-state index in [0.717, 1.165) is 19.5 Å². The SMILES string of the molecule is C/C=C/CCNCC1CCC(C)(C)O1. The van der Waals surface area contributed by atoms with E-state index in [0.29, 0.717) is 6.10 Å². The van der Waals surface area contributed by atoms with Gasteiger partial charge in [0.15, 0.2) is 0 Å². The van der Waals surface area contributed by atoms with Gasteiger partial charge in [0, 0.05) is 6.54 Å². The largest absolute Gasteiger partial charge is 0.371 e. The average Bonchev–Trinajstić information content (AvgIpc) is 2.45. The zero-order valence-electron chi connectivity index (χ0n) is 9.68. The molecule has 0 aromatic rings. The maximum Gasteiger partial charge on any atom is 0.0707 e. The van der Waals surface area contributed by atoms with E-state index in [2.05, 4.69) is 38.2 Å². The van der Waals surface area contributed by atoms with Crippen molar-refractivity contribution in [1.82, 2.24) is 5.32 Å². The summed E-state index contributed by atoms with van der Waals surface area (Å²) in [6.45, 7) is 8.47. The summed E-state index contributed by atoms with van der Waals surface area (Å²) in [5, 5.41) is 3.42. The van der Waals surface area contributed by atoms with E-state index >= 15 is 0 Å². The molecule has 82 valence electrons. The van der Waals surface area contributed by atoms with Crippen LogP contribution < -0.4 is 5.32 Å². The fourth-order valence-corrected chi connectivity index (χ4v) is 1.84. The lowest BCUT2D eigenvalue weighted by Gasteiger charge is -2.19. The van der Waals surface area contributed by atoms with Gasteiger partial charge < -0.3 is 10.1 Å². The molecule has 2 heteroatoms. The van der Waals surface area contributed by atoms with Gasteiger partial charge in [-0.3, -0.25) is 0 Å². The van der Waals surface area contributed by atoms with Crippen LogP contribution in [0.3, 0.4) is 0 Å². The molecule has 0 saturated carbocycles. The highest BCUT2D eigenvalue weighted by atomic mass is 16.5. The summed E-state index contributed by atoms with van der Waals surface area (Å²) in [4.78, 5) is 0. The molecule has 1 aliphatic rings. The Kier molecular flexibility index (Phi) is 4.63. The smallest absolute Gasteiger partial charge is 0.0707 e. The van der Waals surface area contributed by atoms with E-state index in [9.17, 15) is 0 Å². The third-order valence-corrected chi connectivity index (χ3v) is 2.65. The Morgan fingerprint density at radius 1 is 1.50 bits per heavy atom. The maximum absolute atomic E-state index is 5.87. The summed E-state index contributed by atoms with van der Waals surface area (Å²) in [7, 11) is 0. The van der Waals surface area contributed by atoms with Gasteiger partial charge in [-0.15, -0.1) is 0 Å². The van der Waals surface area contributed by atoms with Crippen LogP contribution in [0.1, 0.15) is 40.0 Å². The second-order valence-corrected chi connectivity index (χ2v) is 4.60. The summed E-state index contributed by atoms with van der Waals surface area (Å²) >= 11 is 0. The molecule has 0 amide bonds. The summed E-state index contributed by atoms with van der Waals surface area (Å²) in [6.07, 6.45) is 8.21. The van der Waals surface area contributed by atoms with E-state index < -0.39 is 0 Å². The van der Waals surface area contributed by atoms with E-state index in [-0.39, 0.29) is 5.60 Å². The molecule has 0 aromatic carbocycles. The Hall–Kier alpha value is -0.340. The van der Waals surface area contributed by atoms with Crippen LogP contribution in [0.5, 0.6) is 0 Å². The standard InChI is InChI=1S/C12H23NO/c1-4-5-6-9-13-10-11-7-8-12(2,3)14-11/h4-5,11,13H,6-10H2,1-3H3/b5-4+. The summed E-state index contributed by atoms with van der Waals surface area (Å²) in [5.74, 6) is 0. The number of ether oxygens (including phenoxy) is 1. The Morgan fingerprint density at radius 3 is 2.86 bits per heavy atom. The number of hydrogen-bond acceptors (Lipinski definition) is 2. The molecule has 1 saturated heterocycles. The normalized spacial score (nSPS) is 26.1. The van der Waals surface area contributed by atoms with Crippen LogP contribution in [-0.4, -0.2) is 24.8 Å². The van der Waals surface area contributed by atoms with Crippen LogP contribution in [-0.2, 0) is 4.74 Å². The minimum Gasteiger partial charge on any atom is -0.371 e. The highest BCUT2D eigenvalue weighted by Gasteiger charge is 2.30. The highest BCUT2D eigenvalue weighted by molar-refractivity contribution is 4.82. The molecule has 0 bridgehead atoms. The molecular formula is C12H23NO. The Bertz CT molecular complexity index is 187. The Morgan fingerprint density at radius 2 is 2.29 bits per heavy atom. The van der Waals surface area contributed by atoms with Crippen molar-refractivity contribution in [2.75, 3.05) is 13.1 Å². The zero-order chi connectivity index (χ0) is 10.4. The van der Waals surface area contributed by atoms with Gasteiger partial charge in [-0.25, -0.2) is 0 Å². The molecule has 2 nitrogen and oxygen atoms in total. The van der Waals surface area contributed by atoms with E-state index in [1.807, 2.05) is 0 Å². The second-order valence-electron chi connectivity index (χ2n) is 4.60. The number of rotatable bonds is 5. The van der Waals surface area contributed by atoms with Crippen LogP contribution in [0, 0.1) is 0 Å². The summed E-state index contributed by atoms with van der Waals surface area (Å²) in [5.41, 5.74) is 0.107. The van der Waals surface area contributed by atoms with Crippen molar-refractivity contribution in [3.05, 3.63) is 12.2 Å². The first-order chi connectivity index (χ1) is 6.64. The molecule has 1 heterocycles. The van der Waals surface area contributed by atoms with E-state index in [1.54, 1.807) is 0 Å². The number of nitrogens with one attached hydrogen (secondary N) is 1. The van der Waals surface area contributed by atoms with Crippen molar-refractivity contribution in [2.45, 2.75) is 51.7 Å². The summed E-state index contributed by atoms with van der Waals surface area (Å²) < 4.78 is 5.87. The molecule has 1 rings (SSSR count). The van der Waals surface area contributed by atoms with Gasteiger partial charge in [-0.2, -0.15) is 0 Å². The first kappa shape index (κ1) is 11.7. The third kappa shape index (κ3) is 4.25. The van der Waals surface area contributed by atoms with Crippen LogP contribution in [0.25, 0.3) is 0 Å². The van der Waals surface area contributed by atoms with Crippen LogP contribution in [0.4, 0.5) is 0 Å². The van der Waals surface area contributed by atoms with Gasteiger partial charge in [0.1, 0.15) is 0 Å². The second kappa shape index (κ2) is 5.52. The number of hydrogen-bond donors (Lipinski definition) is 1. The van der Waals surface area contributed by atoms with Gasteiger partial charge in [-0.05, 0) is 46.6 Å². The fraction of sp³-hybridized carbons (Fsp3) is 0.833. The molecule has 1 fully saturated rings. The molecule has 0 spiro atoms. The molecule has 1 atom stereocenters. The lowest BCUT2D eigenvalue weighted by Crippen LogP contribution is -2.29. The third-order valence-electron chi connectivity index (χ3n) is 2.65. The fourth-order valence-electron chi connectivity index (χ4n) is 1.84. The molecule has 0 aliphatic carbocycles. The van der Waals surface area contributed by atoms with Crippen molar-refractivity contribution in [1.29, 1.82) is 0 Å². The van der Waals surface area contributed by atoms with Crippen LogP contribution in [0.2, 0.25) is 0 Å². The zero-order valence-corrected chi connectivity index (χ0v) is 9.68. The predicted octanol–water partition coefficient (Wildman–Crippen LogP) is 2.50. The molecule has 14 heavy (non-hydrogen) atoms. The average molecular weight is 197 g/mol. The van der Waals surface area contributed by atoms with Gasteiger partial charge in [0.05, 0.1) is 11.7 Å². The van der Waals surface area contributed by atoms with Crippen molar-refractivity contribution < 1.29 is 4.74 Å². The van der Waals surface area contributed by atoms with Gasteiger partial charge >= 0.3 is 0 Å². The molecule has 1 unspecified atom stereocenters. The van der Waals surface area contributed by atoms with Crippen LogP contribution >= 0.6 is 0 Å². The van der Waals surface area contributed by atoms with Crippen LogP contribution in [0.15, 0.2) is 12.2 Å². The lowest BCUT2D eigenvalue weighted by molar-refractivity contribution is -0.0140. The lowest BCUT2D eigenvalue weighted by atomic mass is 10.1. The maximum atomic E-state index is 5.87. The molecule has 1 aliphatic heterocycles. The summed E-state index contributed by atoms with van der Waals surface area (Å²) in [6, 6.07) is 0. The number of allylic oxidation sites excluding steroid dienone is 1. The Balaban J connectivity index is 2.03. The monoisotopic (exact) mass is 197 g/mol. The van der Waals surface area contributed by atoms with Crippen molar-refractivity contribution in [3.63, 3.8) is 0 Å². The highest BCUT2D eigenvalue weighted by Crippen LogP contribution is 2.28. The quantitative estimate of drug-likeness (QED) is 0.540. The van der Waals surface area contributed by atoms with E-state index in [1.165, 1.54) is 12.8 Å². The first-order valence-corrected chi connectivity index (χ1v) is 5.64. The molecule has 0 aromatic heterocycles. The van der Waals surface area contributed by atoms with Crippen molar-refractivity contribution in [2.24, 2.45) is 0 Å². The van der Waals surface area contributed by atoms with Crippen molar-refractivity contribution >= 4 is 0 Å². The predicted molar refractivity (Wildman–Crippen MR) is 60.5 cm³/mol. The minimum atomic E-state index is 0.107. The minimum absolute atomic E-state index is 0.107. The van der Waals surface area contributed by atoms with Gasteiger partial charge in [0.25, 0.3) is 0 Å². The topological polar surface area (TPSA) is 21.3 Å². The van der Waals surface area contributed by atoms with Gasteiger partial charge in [-0.1, -0.05) is 12.2 Å². The van der Waals surface area contributed by atoms with Crippen molar-refractivity contribution in [3.8, 4) is 0 Å². The van der Waals surface area contributed by atoms with E-state index in [4.69, 9.17) is 4.74 Å². The van der Waals surface area contributed by atoms with Gasteiger partial charge in [0.2, 0.25) is 0 Å². The Labute approximate surface area is 87.7 Å². The molecule has 1 N–H and O–H groups in total.